The van der Waals surface area contributed by atoms with Gasteiger partial charge < -0.3 is 10.5 Å². The van der Waals surface area contributed by atoms with Crippen LogP contribution in [0.5, 0.6) is 0 Å². The molecule has 118 valence electrons. The minimum absolute atomic E-state index is 0.0579. The Bertz CT molecular complexity index is 631. The van der Waals surface area contributed by atoms with E-state index < -0.39 is 10.0 Å². The minimum atomic E-state index is -3.67. The summed E-state index contributed by atoms with van der Waals surface area (Å²) in [7, 11) is -3.67. The molecule has 1 saturated carbocycles. The number of nitrogens with one attached hydrogen (secondary N) is 1. The van der Waals surface area contributed by atoms with Crippen LogP contribution in [0.15, 0.2) is 23.1 Å². The van der Waals surface area contributed by atoms with Crippen molar-refractivity contribution in [2.45, 2.75) is 44.2 Å². The Balaban J connectivity index is 2.16. The highest BCUT2D eigenvalue weighted by Crippen LogP contribution is 2.43. The van der Waals surface area contributed by atoms with Gasteiger partial charge in [0.1, 0.15) is 4.90 Å². The topological polar surface area (TPSA) is 81.4 Å². The van der Waals surface area contributed by atoms with Gasteiger partial charge in [-0.1, -0.05) is 25.4 Å². The summed E-state index contributed by atoms with van der Waals surface area (Å²) < 4.78 is 33.2. The van der Waals surface area contributed by atoms with Gasteiger partial charge in [-0.2, -0.15) is 0 Å². The van der Waals surface area contributed by atoms with Crippen molar-refractivity contribution < 1.29 is 13.2 Å². The summed E-state index contributed by atoms with van der Waals surface area (Å²) in [4.78, 5) is 0.0579. The first-order chi connectivity index (χ1) is 9.68. The van der Waals surface area contributed by atoms with Crippen LogP contribution in [0.1, 0.15) is 27.2 Å². The lowest BCUT2D eigenvalue weighted by atomic mass is 9.65. The Hall–Kier alpha value is -0.820. The molecule has 0 aliphatic heterocycles. The lowest BCUT2D eigenvalue weighted by molar-refractivity contribution is -0.108. The second-order valence-corrected chi connectivity index (χ2v) is 7.98. The van der Waals surface area contributed by atoms with Gasteiger partial charge in [-0.3, -0.25) is 0 Å². The van der Waals surface area contributed by atoms with Crippen LogP contribution in [0.25, 0.3) is 0 Å². The molecule has 5 nitrogen and oxygen atoms in total. The molecule has 0 bridgehead atoms. The standard InChI is InChI=1S/C14H21ClN2O3S/c1-4-20-13-8-12(14(13,2)3)17-21(18,19)11-6-5-9(15)7-10(11)16/h5-7,12-13,17H,4,8,16H2,1-3H3. The fraction of sp³-hybridized carbons (Fsp3) is 0.571. The fourth-order valence-corrected chi connectivity index (χ4v) is 4.28. The average Bonchev–Trinajstić information content (AvgIpc) is 2.37. The molecule has 21 heavy (non-hydrogen) atoms. The Morgan fingerprint density at radius 2 is 2.14 bits per heavy atom. The van der Waals surface area contributed by atoms with Gasteiger partial charge >= 0.3 is 0 Å². The number of rotatable bonds is 5. The third-order valence-electron chi connectivity index (χ3n) is 4.10. The van der Waals surface area contributed by atoms with Gasteiger partial charge in [0.05, 0.1) is 11.8 Å². The maximum Gasteiger partial charge on any atom is 0.242 e. The summed E-state index contributed by atoms with van der Waals surface area (Å²) in [5.41, 5.74) is 5.66. The summed E-state index contributed by atoms with van der Waals surface area (Å²) in [6.07, 6.45) is 0.728. The van der Waals surface area contributed by atoms with Crippen LogP contribution in [0, 0.1) is 5.41 Å². The van der Waals surface area contributed by atoms with Gasteiger partial charge in [-0.25, -0.2) is 13.1 Å². The van der Waals surface area contributed by atoms with Gasteiger partial charge in [0, 0.05) is 23.1 Å². The van der Waals surface area contributed by atoms with Gasteiger partial charge in [0.15, 0.2) is 0 Å². The van der Waals surface area contributed by atoms with Crippen molar-refractivity contribution in [1.82, 2.24) is 4.72 Å². The van der Waals surface area contributed by atoms with E-state index in [0.717, 1.165) is 0 Å². The van der Waals surface area contributed by atoms with E-state index in [9.17, 15) is 8.42 Å². The van der Waals surface area contributed by atoms with Gasteiger partial charge in [-0.15, -0.1) is 0 Å². The van der Waals surface area contributed by atoms with Gasteiger partial charge in [0.2, 0.25) is 10.0 Å². The highest BCUT2D eigenvalue weighted by atomic mass is 35.5. The average molecular weight is 333 g/mol. The zero-order chi connectivity index (χ0) is 15.8. The van der Waals surface area contributed by atoms with E-state index >= 15 is 0 Å². The van der Waals surface area contributed by atoms with Crippen LogP contribution in [0.2, 0.25) is 5.02 Å². The maximum absolute atomic E-state index is 12.4. The SMILES string of the molecule is CCOC1CC(NS(=O)(=O)c2ccc(Cl)cc2N)C1(C)C. The number of nitrogen functional groups attached to an aromatic ring is 1. The number of halogens is 1. The molecule has 1 aromatic carbocycles. The smallest absolute Gasteiger partial charge is 0.242 e. The second-order valence-electron chi connectivity index (χ2n) is 5.86. The first kappa shape index (κ1) is 16.5. The molecule has 0 spiro atoms. The summed E-state index contributed by atoms with van der Waals surface area (Å²) in [5, 5.41) is 0.409. The molecule has 0 heterocycles. The molecule has 2 unspecified atom stereocenters. The largest absolute Gasteiger partial charge is 0.398 e. The van der Waals surface area contributed by atoms with Crippen LogP contribution < -0.4 is 10.5 Å². The summed E-state index contributed by atoms with van der Waals surface area (Å²) >= 11 is 5.80. The van der Waals surface area contributed by atoms with E-state index in [0.29, 0.717) is 18.1 Å². The molecular formula is C14H21ClN2O3S. The predicted molar refractivity (Wildman–Crippen MR) is 83.8 cm³/mol. The van der Waals surface area contributed by atoms with Crippen LogP contribution in [0.4, 0.5) is 5.69 Å². The number of nitrogens with two attached hydrogens (primary N) is 1. The quantitative estimate of drug-likeness (QED) is 0.811. The third-order valence-corrected chi connectivity index (χ3v) is 5.89. The molecule has 1 fully saturated rings. The number of sulfonamides is 1. The van der Waals surface area contributed by atoms with Crippen LogP contribution in [0.3, 0.4) is 0 Å². The van der Waals surface area contributed by atoms with E-state index in [1.807, 2.05) is 20.8 Å². The molecule has 1 aromatic rings. The molecule has 1 aliphatic carbocycles. The molecule has 0 aromatic heterocycles. The molecule has 7 heteroatoms. The first-order valence-corrected chi connectivity index (χ1v) is 8.73. The first-order valence-electron chi connectivity index (χ1n) is 6.87. The van der Waals surface area contributed by atoms with Crippen molar-refractivity contribution in [2.75, 3.05) is 12.3 Å². The molecule has 2 atom stereocenters. The number of anilines is 1. The van der Waals surface area contributed by atoms with E-state index in [2.05, 4.69) is 4.72 Å². The Morgan fingerprint density at radius 3 is 2.67 bits per heavy atom. The Morgan fingerprint density at radius 1 is 1.48 bits per heavy atom. The predicted octanol–water partition coefficient (Wildman–Crippen LogP) is 2.40. The number of hydrogen-bond acceptors (Lipinski definition) is 4. The van der Waals surface area contributed by atoms with Crippen molar-refractivity contribution in [2.24, 2.45) is 5.41 Å². The highest BCUT2D eigenvalue weighted by molar-refractivity contribution is 7.89. The zero-order valence-corrected chi connectivity index (χ0v) is 14.0. The summed E-state index contributed by atoms with van der Waals surface area (Å²) in [6.45, 7) is 6.55. The van der Waals surface area contributed by atoms with E-state index in [-0.39, 0.29) is 28.1 Å². The Kier molecular flexibility index (Phi) is 4.54. The molecule has 2 rings (SSSR count). The van der Waals surface area contributed by atoms with Crippen LogP contribution in [-0.2, 0) is 14.8 Å². The molecule has 0 radical (unpaired) electrons. The van der Waals surface area contributed by atoms with E-state index in [4.69, 9.17) is 22.1 Å². The lowest BCUT2D eigenvalue weighted by Gasteiger charge is -2.51. The maximum atomic E-state index is 12.4. The normalized spacial score (nSPS) is 24.6. The molecule has 3 N–H and O–H groups in total. The van der Waals surface area contributed by atoms with Crippen molar-refractivity contribution >= 4 is 27.3 Å². The summed E-state index contributed by atoms with van der Waals surface area (Å²) in [6, 6.07) is 4.20. The molecule has 0 amide bonds. The Labute approximate surface area is 130 Å². The third kappa shape index (κ3) is 3.18. The van der Waals surface area contributed by atoms with Crippen LogP contribution in [-0.4, -0.2) is 27.2 Å². The monoisotopic (exact) mass is 332 g/mol. The molecule has 0 saturated heterocycles. The highest BCUT2D eigenvalue weighted by Gasteiger charge is 2.50. The number of hydrogen-bond donors (Lipinski definition) is 2. The van der Waals surface area contributed by atoms with Crippen molar-refractivity contribution in [3.8, 4) is 0 Å². The van der Waals surface area contributed by atoms with Crippen LogP contribution >= 0.6 is 11.6 Å². The zero-order valence-electron chi connectivity index (χ0n) is 12.4. The molecular weight excluding hydrogens is 312 g/mol. The second kappa shape index (κ2) is 5.76. The van der Waals surface area contributed by atoms with E-state index in [1.54, 1.807) is 0 Å². The van der Waals surface area contributed by atoms with Crippen molar-refractivity contribution in [3.05, 3.63) is 23.2 Å². The summed E-state index contributed by atoms with van der Waals surface area (Å²) in [5.74, 6) is 0. The molecule has 1 aliphatic rings. The minimum Gasteiger partial charge on any atom is -0.398 e. The van der Waals surface area contributed by atoms with E-state index in [1.165, 1.54) is 18.2 Å². The van der Waals surface area contributed by atoms with Gasteiger partial charge in [0.25, 0.3) is 0 Å². The van der Waals surface area contributed by atoms with Crippen molar-refractivity contribution in [1.29, 1.82) is 0 Å². The number of benzene rings is 1. The lowest BCUT2D eigenvalue weighted by Crippen LogP contribution is -2.61. The number of ether oxygens (including phenoxy) is 1. The van der Waals surface area contributed by atoms with Gasteiger partial charge in [-0.05, 0) is 31.5 Å². The fourth-order valence-electron chi connectivity index (χ4n) is 2.58. The van der Waals surface area contributed by atoms with Crippen molar-refractivity contribution in [3.63, 3.8) is 0 Å².